The first-order chi connectivity index (χ1) is 5.84. The molecule has 0 amide bonds. The van der Waals surface area contributed by atoms with Crippen LogP contribution in [-0.4, -0.2) is 16.5 Å². The predicted octanol–water partition coefficient (Wildman–Crippen LogP) is 1.46. The molecule has 5 heteroatoms. The summed E-state index contributed by atoms with van der Waals surface area (Å²) in [5.74, 6) is 0.571. The highest BCUT2D eigenvalue weighted by atomic mass is 35.5. The Bertz CT molecular complexity index is 294. The largest absolute Gasteiger partial charge is 0.368 e. The van der Waals surface area contributed by atoms with Gasteiger partial charge in [0.15, 0.2) is 0 Å². The minimum absolute atomic E-state index is 0.431. The van der Waals surface area contributed by atoms with Gasteiger partial charge < -0.3 is 5.32 Å². The molecule has 0 saturated heterocycles. The van der Waals surface area contributed by atoms with Gasteiger partial charge in [-0.2, -0.15) is 5.26 Å². The number of nitriles is 1. The molecule has 12 heavy (non-hydrogen) atoms. The van der Waals surface area contributed by atoms with Gasteiger partial charge in [-0.05, 0) is 0 Å². The van der Waals surface area contributed by atoms with E-state index in [1.807, 2.05) is 6.07 Å². The second-order valence-electron chi connectivity index (χ2n) is 2.05. The molecule has 0 spiro atoms. The molecule has 0 aliphatic carbocycles. The van der Waals surface area contributed by atoms with Gasteiger partial charge in [0.25, 0.3) is 0 Å². The van der Waals surface area contributed by atoms with Crippen molar-refractivity contribution in [2.75, 3.05) is 11.9 Å². The summed E-state index contributed by atoms with van der Waals surface area (Å²) in [6.07, 6.45) is 3.34. The number of hydrogen-bond donors (Lipinski definition) is 1. The molecule has 0 aromatic carbocycles. The van der Waals surface area contributed by atoms with Crippen LogP contribution in [0.3, 0.4) is 0 Å². The van der Waals surface area contributed by atoms with E-state index in [0.717, 1.165) is 0 Å². The first-order valence-corrected chi connectivity index (χ1v) is 3.78. The van der Waals surface area contributed by atoms with Gasteiger partial charge in [-0.3, -0.25) is 0 Å². The Morgan fingerprint density at radius 2 is 2.50 bits per heavy atom. The molecule has 4 nitrogen and oxygen atoms in total. The average Bonchev–Trinajstić information content (AvgIpc) is 2.09. The average molecular weight is 183 g/mol. The van der Waals surface area contributed by atoms with Crippen LogP contribution in [0.25, 0.3) is 0 Å². The zero-order chi connectivity index (χ0) is 8.81. The maximum Gasteiger partial charge on any atom is 0.148 e. The molecule has 0 unspecified atom stereocenters. The maximum absolute atomic E-state index is 8.26. The molecule has 0 atom stereocenters. The molecule has 0 aliphatic heterocycles. The topological polar surface area (TPSA) is 61.6 Å². The van der Waals surface area contributed by atoms with Crippen molar-refractivity contribution < 1.29 is 0 Å². The van der Waals surface area contributed by atoms with E-state index >= 15 is 0 Å². The van der Waals surface area contributed by atoms with Crippen LogP contribution in [-0.2, 0) is 0 Å². The zero-order valence-electron chi connectivity index (χ0n) is 6.29. The van der Waals surface area contributed by atoms with Crippen molar-refractivity contribution in [3.05, 3.63) is 17.5 Å². The second kappa shape index (κ2) is 4.52. The third kappa shape index (κ3) is 2.36. The van der Waals surface area contributed by atoms with Gasteiger partial charge in [0.05, 0.1) is 18.7 Å². The Labute approximate surface area is 75.2 Å². The summed E-state index contributed by atoms with van der Waals surface area (Å²) < 4.78 is 0. The van der Waals surface area contributed by atoms with Crippen molar-refractivity contribution >= 4 is 17.4 Å². The monoisotopic (exact) mass is 182 g/mol. The van der Waals surface area contributed by atoms with Gasteiger partial charge in [0, 0.05) is 6.54 Å². The maximum atomic E-state index is 8.26. The fraction of sp³-hybridized carbons (Fsp3) is 0.286. The highest BCUT2D eigenvalue weighted by Gasteiger charge is 1.98. The lowest BCUT2D eigenvalue weighted by Gasteiger charge is -2.02. The Morgan fingerprint density at radius 3 is 3.17 bits per heavy atom. The van der Waals surface area contributed by atoms with E-state index in [1.54, 1.807) is 0 Å². The van der Waals surface area contributed by atoms with Crippen LogP contribution in [0.5, 0.6) is 0 Å². The normalized spacial score (nSPS) is 9.00. The molecule has 62 valence electrons. The van der Waals surface area contributed by atoms with Crippen LogP contribution in [0, 0.1) is 11.3 Å². The van der Waals surface area contributed by atoms with E-state index in [1.165, 1.54) is 12.5 Å². The first kappa shape index (κ1) is 8.75. The highest BCUT2D eigenvalue weighted by molar-refractivity contribution is 6.32. The fourth-order valence-corrected chi connectivity index (χ4v) is 0.851. The summed E-state index contributed by atoms with van der Waals surface area (Å²) in [6.45, 7) is 0.549. The summed E-state index contributed by atoms with van der Waals surface area (Å²) in [4.78, 5) is 7.61. The lowest BCUT2D eigenvalue weighted by Crippen LogP contribution is -2.02. The predicted molar refractivity (Wildman–Crippen MR) is 45.8 cm³/mol. The number of anilines is 1. The highest BCUT2D eigenvalue weighted by Crippen LogP contribution is 2.15. The number of nitrogens with one attached hydrogen (secondary N) is 1. The van der Waals surface area contributed by atoms with E-state index in [0.29, 0.717) is 23.8 Å². The van der Waals surface area contributed by atoms with Crippen molar-refractivity contribution in [3.8, 4) is 6.07 Å². The van der Waals surface area contributed by atoms with Gasteiger partial charge >= 0.3 is 0 Å². The van der Waals surface area contributed by atoms with Crippen molar-refractivity contribution in [1.29, 1.82) is 5.26 Å². The number of aromatic nitrogens is 2. The lowest BCUT2D eigenvalue weighted by atomic mass is 10.4. The second-order valence-corrected chi connectivity index (χ2v) is 2.46. The van der Waals surface area contributed by atoms with Crippen molar-refractivity contribution in [1.82, 2.24) is 9.97 Å². The van der Waals surface area contributed by atoms with Crippen LogP contribution < -0.4 is 5.32 Å². The Hall–Kier alpha value is -1.34. The molecule has 1 heterocycles. The third-order valence-electron chi connectivity index (χ3n) is 1.20. The van der Waals surface area contributed by atoms with Gasteiger partial charge in [-0.1, -0.05) is 11.6 Å². The van der Waals surface area contributed by atoms with Gasteiger partial charge in [-0.25, -0.2) is 9.97 Å². The van der Waals surface area contributed by atoms with Crippen LogP contribution in [0.15, 0.2) is 12.5 Å². The molecule has 0 aliphatic rings. The standard InChI is InChI=1S/C7H7ClN4/c8-6-4-10-5-12-7(6)11-3-1-2-9/h4-5H,1,3H2,(H,10,11,12). The van der Waals surface area contributed by atoms with E-state index < -0.39 is 0 Å². The quantitative estimate of drug-likeness (QED) is 0.719. The molecule has 0 bridgehead atoms. The number of halogens is 1. The van der Waals surface area contributed by atoms with Gasteiger partial charge in [0.1, 0.15) is 17.2 Å². The zero-order valence-corrected chi connectivity index (χ0v) is 7.04. The molecular weight excluding hydrogens is 176 g/mol. The summed E-state index contributed by atoms with van der Waals surface area (Å²) in [5.41, 5.74) is 0. The number of hydrogen-bond acceptors (Lipinski definition) is 4. The number of rotatable bonds is 3. The number of nitrogens with zero attached hydrogens (tertiary/aromatic N) is 3. The smallest absolute Gasteiger partial charge is 0.148 e. The van der Waals surface area contributed by atoms with Crippen molar-refractivity contribution in [2.24, 2.45) is 0 Å². The minimum atomic E-state index is 0.431. The molecule has 1 aromatic heterocycles. The molecule has 1 N–H and O–H groups in total. The van der Waals surface area contributed by atoms with E-state index in [-0.39, 0.29) is 0 Å². The minimum Gasteiger partial charge on any atom is -0.368 e. The summed E-state index contributed by atoms with van der Waals surface area (Å²) >= 11 is 5.73. The third-order valence-corrected chi connectivity index (χ3v) is 1.47. The van der Waals surface area contributed by atoms with Crippen LogP contribution >= 0.6 is 11.6 Å². The Kier molecular flexibility index (Phi) is 3.30. The Balaban J connectivity index is 2.53. The summed E-state index contributed by atoms with van der Waals surface area (Å²) in [5, 5.41) is 11.6. The first-order valence-electron chi connectivity index (χ1n) is 3.41. The molecule has 0 radical (unpaired) electrons. The SMILES string of the molecule is N#CCCNc1ncncc1Cl. The van der Waals surface area contributed by atoms with Crippen LogP contribution in [0.4, 0.5) is 5.82 Å². The van der Waals surface area contributed by atoms with Gasteiger partial charge in [-0.15, -0.1) is 0 Å². The van der Waals surface area contributed by atoms with E-state index in [4.69, 9.17) is 16.9 Å². The molecule has 1 aromatic rings. The van der Waals surface area contributed by atoms with Crippen molar-refractivity contribution in [2.45, 2.75) is 6.42 Å². The molecular formula is C7H7ClN4. The van der Waals surface area contributed by atoms with E-state index in [9.17, 15) is 0 Å². The lowest BCUT2D eigenvalue weighted by molar-refractivity contribution is 1.04. The van der Waals surface area contributed by atoms with Crippen LogP contribution in [0.1, 0.15) is 6.42 Å². The molecule has 1 rings (SSSR count). The molecule has 0 fully saturated rings. The van der Waals surface area contributed by atoms with E-state index in [2.05, 4.69) is 15.3 Å². The summed E-state index contributed by atoms with van der Waals surface area (Å²) in [6, 6.07) is 2.01. The van der Waals surface area contributed by atoms with Crippen LogP contribution in [0.2, 0.25) is 5.02 Å². The summed E-state index contributed by atoms with van der Waals surface area (Å²) in [7, 11) is 0. The van der Waals surface area contributed by atoms with Gasteiger partial charge in [0.2, 0.25) is 0 Å². The Morgan fingerprint density at radius 1 is 1.67 bits per heavy atom. The fourth-order valence-electron chi connectivity index (χ4n) is 0.680. The molecule has 0 saturated carbocycles. The van der Waals surface area contributed by atoms with Crippen molar-refractivity contribution in [3.63, 3.8) is 0 Å².